The highest BCUT2D eigenvalue weighted by molar-refractivity contribution is 5.89. The normalized spacial score (nSPS) is 17.1. The lowest BCUT2D eigenvalue weighted by atomic mass is 9.73. The lowest BCUT2D eigenvalue weighted by Crippen LogP contribution is -2.21. The standard InChI is InChI=1S/C15H19NO/c1-10-7-8-15(3,4)14-6-5-12(9-13(10)14)16-11(2)17/h5-7,9H,8H2,1-4H3,(H,16,17). The van der Waals surface area contributed by atoms with Crippen LogP contribution >= 0.6 is 0 Å². The average Bonchev–Trinajstić information content (AvgIpc) is 2.23. The zero-order valence-electron chi connectivity index (χ0n) is 10.9. The van der Waals surface area contributed by atoms with Gasteiger partial charge in [0.1, 0.15) is 0 Å². The van der Waals surface area contributed by atoms with E-state index < -0.39 is 0 Å². The molecule has 1 aliphatic carbocycles. The Morgan fingerprint density at radius 2 is 2.06 bits per heavy atom. The topological polar surface area (TPSA) is 29.1 Å². The summed E-state index contributed by atoms with van der Waals surface area (Å²) in [7, 11) is 0. The molecule has 0 fully saturated rings. The zero-order valence-corrected chi connectivity index (χ0v) is 10.9. The monoisotopic (exact) mass is 229 g/mol. The molecule has 1 aliphatic rings. The maximum absolute atomic E-state index is 11.1. The molecule has 0 aliphatic heterocycles. The van der Waals surface area contributed by atoms with Gasteiger partial charge in [0.2, 0.25) is 5.91 Å². The fourth-order valence-electron chi connectivity index (χ4n) is 2.37. The predicted molar refractivity (Wildman–Crippen MR) is 72.0 cm³/mol. The van der Waals surface area contributed by atoms with Crippen LogP contribution in [0, 0.1) is 0 Å². The summed E-state index contributed by atoms with van der Waals surface area (Å²) in [5.74, 6) is -0.0262. The van der Waals surface area contributed by atoms with Crippen LogP contribution in [0.2, 0.25) is 0 Å². The van der Waals surface area contributed by atoms with Crippen molar-refractivity contribution in [2.45, 2.75) is 39.5 Å². The minimum Gasteiger partial charge on any atom is -0.326 e. The van der Waals surface area contributed by atoms with E-state index in [-0.39, 0.29) is 11.3 Å². The molecule has 0 heterocycles. The SMILES string of the molecule is CC(=O)Nc1ccc2c(c1)C(C)=CCC2(C)C. The Hall–Kier alpha value is -1.57. The first kappa shape index (κ1) is 11.9. The lowest BCUT2D eigenvalue weighted by molar-refractivity contribution is -0.114. The highest BCUT2D eigenvalue weighted by Gasteiger charge is 2.26. The van der Waals surface area contributed by atoms with Gasteiger partial charge in [0, 0.05) is 12.6 Å². The van der Waals surface area contributed by atoms with E-state index >= 15 is 0 Å². The molecule has 0 saturated carbocycles. The number of carbonyl (C=O) groups is 1. The number of hydrogen-bond acceptors (Lipinski definition) is 1. The summed E-state index contributed by atoms with van der Waals surface area (Å²) in [4.78, 5) is 11.1. The van der Waals surface area contributed by atoms with Crippen LogP contribution in [-0.2, 0) is 10.2 Å². The highest BCUT2D eigenvalue weighted by Crippen LogP contribution is 2.39. The fraction of sp³-hybridized carbons (Fsp3) is 0.400. The molecule has 90 valence electrons. The van der Waals surface area contributed by atoms with Crippen LogP contribution < -0.4 is 5.32 Å². The maximum atomic E-state index is 11.1. The third-order valence-electron chi connectivity index (χ3n) is 3.41. The molecule has 2 nitrogen and oxygen atoms in total. The van der Waals surface area contributed by atoms with Gasteiger partial charge >= 0.3 is 0 Å². The molecular formula is C15H19NO. The lowest BCUT2D eigenvalue weighted by Gasteiger charge is -2.31. The number of carbonyl (C=O) groups excluding carboxylic acids is 1. The van der Waals surface area contributed by atoms with Crippen molar-refractivity contribution in [2.24, 2.45) is 0 Å². The van der Waals surface area contributed by atoms with Crippen LogP contribution in [0.1, 0.15) is 45.2 Å². The van der Waals surface area contributed by atoms with Gasteiger partial charge in [-0.2, -0.15) is 0 Å². The van der Waals surface area contributed by atoms with Crippen molar-refractivity contribution < 1.29 is 4.79 Å². The second kappa shape index (κ2) is 4.02. The molecule has 0 spiro atoms. The van der Waals surface area contributed by atoms with Crippen molar-refractivity contribution in [1.29, 1.82) is 0 Å². The van der Waals surface area contributed by atoms with Gasteiger partial charge in [0.05, 0.1) is 0 Å². The average molecular weight is 229 g/mol. The van der Waals surface area contributed by atoms with Crippen LogP contribution in [0.4, 0.5) is 5.69 Å². The molecule has 2 heteroatoms. The van der Waals surface area contributed by atoms with Gasteiger partial charge in [-0.05, 0) is 47.6 Å². The van der Waals surface area contributed by atoms with E-state index in [1.807, 2.05) is 6.07 Å². The maximum Gasteiger partial charge on any atom is 0.221 e. The number of fused-ring (bicyclic) bond motifs is 1. The first-order chi connectivity index (χ1) is 7.90. The van der Waals surface area contributed by atoms with Crippen molar-refractivity contribution in [3.8, 4) is 0 Å². The van der Waals surface area contributed by atoms with Gasteiger partial charge in [0.25, 0.3) is 0 Å². The number of rotatable bonds is 1. The number of nitrogens with one attached hydrogen (secondary N) is 1. The second-order valence-electron chi connectivity index (χ2n) is 5.42. The second-order valence-corrected chi connectivity index (χ2v) is 5.42. The fourth-order valence-corrected chi connectivity index (χ4v) is 2.37. The Morgan fingerprint density at radius 3 is 2.71 bits per heavy atom. The van der Waals surface area contributed by atoms with Crippen molar-refractivity contribution >= 4 is 17.2 Å². The number of anilines is 1. The smallest absolute Gasteiger partial charge is 0.221 e. The largest absolute Gasteiger partial charge is 0.326 e. The van der Waals surface area contributed by atoms with Crippen molar-refractivity contribution in [2.75, 3.05) is 5.32 Å². The number of hydrogen-bond donors (Lipinski definition) is 1. The molecular weight excluding hydrogens is 210 g/mol. The van der Waals surface area contributed by atoms with Gasteiger partial charge < -0.3 is 5.32 Å². The Bertz CT molecular complexity index is 498. The summed E-state index contributed by atoms with van der Waals surface area (Å²) in [5, 5.41) is 2.84. The summed E-state index contributed by atoms with van der Waals surface area (Å²) in [6, 6.07) is 6.20. The van der Waals surface area contributed by atoms with Gasteiger partial charge in [-0.1, -0.05) is 26.0 Å². The van der Waals surface area contributed by atoms with Crippen LogP contribution in [0.25, 0.3) is 5.57 Å². The van der Waals surface area contributed by atoms with E-state index in [2.05, 4.69) is 44.3 Å². The summed E-state index contributed by atoms with van der Waals surface area (Å²) >= 11 is 0. The Morgan fingerprint density at radius 1 is 1.35 bits per heavy atom. The zero-order chi connectivity index (χ0) is 12.6. The highest BCUT2D eigenvalue weighted by atomic mass is 16.1. The molecule has 17 heavy (non-hydrogen) atoms. The van der Waals surface area contributed by atoms with Crippen molar-refractivity contribution in [3.05, 3.63) is 35.4 Å². The molecule has 0 bridgehead atoms. The van der Waals surface area contributed by atoms with E-state index in [1.54, 1.807) is 0 Å². The number of benzene rings is 1. The molecule has 0 aromatic heterocycles. The summed E-state index contributed by atoms with van der Waals surface area (Å²) in [6.07, 6.45) is 3.35. The Labute approximate surface area is 103 Å². The van der Waals surface area contributed by atoms with Crippen molar-refractivity contribution in [3.63, 3.8) is 0 Å². The summed E-state index contributed by atoms with van der Waals surface area (Å²) in [5.41, 5.74) is 4.98. The van der Waals surface area contributed by atoms with E-state index in [4.69, 9.17) is 0 Å². The molecule has 0 atom stereocenters. The molecule has 1 aromatic rings. The third-order valence-corrected chi connectivity index (χ3v) is 3.41. The van der Waals surface area contributed by atoms with E-state index in [9.17, 15) is 4.79 Å². The Balaban J connectivity index is 2.48. The number of amides is 1. The van der Waals surface area contributed by atoms with Crippen LogP contribution in [0.5, 0.6) is 0 Å². The van der Waals surface area contributed by atoms with E-state index in [1.165, 1.54) is 23.6 Å². The number of allylic oxidation sites excluding steroid dienone is 2. The van der Waals surface area contributed by atoms with E-state index in [0.717, 1.165) is 12.1 Å². The Kier molecular flexibility index (Phi) is 2.82. The van der Waals surface area contributed by atoms with Gasteiger partial charge in [0.15, 0.2) is 0 Å². The third kappa shape index (κ3) is 2.26. The first-order valence-electron chi connectivity index (χ1n) is 5.99. The summed E-state index contributed by atoms with van der Waals surface area (Å²) in [6.45, 7) is 8.18. The van der Waals surface area contributed by atoms with Gasteiger partial charge in [-0.25, -0.2) is 0 Å². The quantitative estimate of drug-likeness (QED) is 0.781. The minimum atomic E-state index is -0.0262. The summed E-state index contributed by atoms with van der Waals surface area (Å²) < 4.78 is 0. The molecule has 2 rings (SSSR count). The van der Waals surface area contributed by atoms with Crippen molar-refractivity contribution in [1.82, 2.24) is 0 Å². The predicted octanol–water partition coefficient (Wildman–Crippen LogP) is 3.73. The molecule has 0 radical (unpaired) electrons. The minimum absolute atomic E-state index is 0.0262. The van der Waals surface area contributed by atoms with Crippen LogP contribution in [-0.4, -0.2) is 5.91 Å². The molecule has 1 amide bonds. The molecule has 1 N–H and O–H groups in total. The van der Waals surface area contributed by atoms with Crippen LogP contribution in [0.3, 0.4) is 0 Å². The molecule has 0 unspecified atom stereocenters. The molecule has 1 aromatic carbocycles. The van der Waals surface area contributed by atoms with Crippen LogP contribution in [0.15, 0.2) is 24.3 Å². The first-order valence-corrected chi connectivity index (χ1v) is 5.99. The van der Waals surface area contributed by atoms with E-state index in [0.29, 0.717) is 0 Å². The van der Waals surface area contributed by atoms with Gasteiger partial charge in [-0.15, -0.1) is 0 Å². The van der Waals surface area contributed by atoms with Gasteiger partial charge in [-0.3, -0.25) is 4.79 Å². The molecule has 0 saturated heterocycles.